The zero-order valence-corrected chi connectivity index (χ0v) is 39.2. The van der Waals surface area contributed by atoms with E-state index in [1.54, 1.807) is 86.6 Å². The number of esters is 2. The summed E-state index contributed by atoms with van der Waals surface area (Å²) in [5, 5.41) is 10.8. The Morgan fingerprint density at radius 3 is 1.31 bits per heavy atom. The van der Waals surface area contributed by atoms with Gasteiger partial charge in [0.25, 0.3) is 23.6 Å². The Balaban J connectivity index is 1.23. The van der Waals surface area contributed by atoms with Crippen LogP contribution in [0.1, 0.15) is 109 Å². The number of hydrogen-bond acceptors (Lipinski definition) is 11. The first-order chi connectivity index (χ1) is 33.9. The van der Waals surface area contributed by atoms with E-state index in [4.69, 9.17) is 9.47 Å². The average molecular weight is 953 g/mol. The maximum absolute atomic E-state index is 14.2. The van der Waals surface area contributed by atoms with Gasteiger partial charge in [0.2, 0.25) is 0 Å². The van der Waals surface area contributed by atoms with Gasteiger partial charge in [-0.2, -0.15) is 0 Å². The van der Waals surface area contributed by atoms with Gasteiger partial charge in [-0.15, -0.1) is 0 Å². The molecule has 0 heterocycles. The van der Waals surface area contributed by atoms with Crippen molar-refractivity contribution in [1.29, 1.82) is 0 Å². The van der Waals surface area contributed by atoms with Gasteiger partial charge in [0.15, 0.2) is 30.6 Å². The maximum Gasteiger partial charge on any atom is 0.339 e. The second kappa shape index (κ2) is 22.6. The Hall–Kier alpha value is -9.37. The van der Waals surface area contributed by atoms with Gasteiger partial charge in [0.1, 0.15) is 0 Å². The summed E-state index contributed by atoms with van der Waals surface area (Å²) in [5.41, 5.74) is 2.44. The molecule has 0 aliphatic carbocycles. The smallest absolute Gasteiger partial charge is 0.339 e. The summed E-state index contributed by atoms with van der Waals surface area (Å²) in [6.45, 7) is 11.0. The molecule has 4 amide bonds. The summed E-state index contributed by atoms with van der Waals surface area (Å²) in [5.74, 6) is -5.67. The molecule has 6 aromatic carbocycles. The second-order valence-electron chi connectivity index (χ2n) is 16.5. The molecule has 0 aromatic heterocycles. The van der Waals surface area contributed by atoms with Gasteiger partial charge in [-0.25, -0.2) is 9.59 Å². The van der Waals surface area contributed by atoms with Crippen LogP contribution in [0.15, 0.2) is 159 Å². The van der Waals surface area contributed by atoms with Gasteiger partial charge < -0.3 is 30.7 Å². The fourth-order valence-corrected chi connectivity index (χ4v) is 7.22. The van der Waals surface area contributed by atoms with Crippen LogP contribution < -0.4 is 21.3 Å². The molecule has 358 valence electrons. The van der Waals surface area contributed by atoms with Gasteiger partial charge >= 0.3 is 11.9 Å². The minimum Gasteiger partial charge on any atom is -0.454 e. The molecule has 0 saturated heterocycles. The number of ether oxygens (including phenoxy) is 2. The highest BCUT2D eigenvalue weighted by Gasteiger charge is 2.30. The molecule has 4 N–H and O–H groups in total. The lowest BCUT2D eigenvalue weighted by atomic mass is 9.76. The zero-order valence-electron chi connectivity index (χ0n) is 39.2. The molecule has 6 aromatic rings. The number of carbonyl (C=O) groups is 9. The lowest BCUT2D eigenvalue weighted by Gasteiger charge is -2.28. The second-order valence-corrected chi connectivity index (χ2v) is 16.5. The number of rotatable bonds is 19. The van der Waals surface area contributed by atoms with Crippen LogP contribution in [0.3, 0.4) is 0 Å². The number of carbonyl (C=O) groups excluding carboxylic acids is 9. The van der Waals surface area contributed by atoms with Crippen molar-refractivity contribution in [2.75, 3.05) is 36.2 Å². The fraction of sp³-hybridized carbons (Fsp3) is 0.125. The highest BCUT2D eigenvalue weighted by molar-refractivity contribution is 6.14. The Morgan fingerprint density at radius 2 is 0.873 bits per heavy atom. The molecule has 0 spiro atoms. The third kappa shape index (κ3) is 12.6. The van der Waals surface area contributed by atoms with Crippen LogP contribution in [0.25, 0.3) is 0 Å². The van der Waals surface area contributed by atoms with Crippen LogP contribution >= 0.6 is 0 Å². The first-order valence-electron chi connectivity index (χ1n) is 21.9. The van der Waals surface area contributed by atoms with Gasteiger partial charge in [-0.3, -0.25) is 33.6 Å². The normalized spacial score (nSPS) is 10.7. The largest absolute Gasteiger partial charge is 0.454 e. The fourth-order valence-electron chi connectivity index (χ4n) is 7.22. The van der Waals surface area contributed by atoms with Crippen molar-refractivity contribution in [2.24, 2.45) is 0 Å². The van der Waals surface area contributed by atoms with E-state index in [1.165, 1.54) is 61.6 Å². The SMILES string of the molecule is C=CC(=O)COC(=O)c1ccc(C(C)(C)c2ccc(C(=O)OCC(=O)C=C)c(C(=O)Nc3cccc(C(=O)Nc4cccc(C(=O)c5cccc(NC(=O)c6cccc(C)c6)c5)c4)c3)c2)cc1C(=O)NC. The molecule has 0 bridgehead atoms. The lowest BCUT2D eigenvalue weighted by molar-refractivity contribution is -0.118. The minimum absolute atomic E-state index is 0.0484. The Labute approximate surface area is 409 Å². The number of ketones is 3. The highest BCUT2D eigenvalue weighted by Crippen LogP contribution is 2.35. The molecular formula is C56H48N4O11. The van der Waals surface area contributed by atoms with Crippen LogP contribution in [-0.2, 0) is 24.5 Å². The standard InChI is InChI=1S/C56H48N4O11/c1-7-43(61)31-70-54(68)45-23-21-38(29-47(45)52(66)57-6)56(4,5)39-22-24-46(55(69)71-32-44(62)8-2)48(30-39)53(67)60-42-20-12-17-37(28-42)51(65)59-41-19-11-15-35(27-41)49(63)34-14-10-18-40(26-34)58-50(64)36-16-9-13-33(3)25-36/h7-30H,1-2,31-32H2,3-6H3,(H,57,66)(H,58,64)(H,59,65)(H,60,67). The molecule has 0 unspecified atom stereocenters. The molecule has 71 heavy (non-hydrogen) atoms. The molecule has 0 saturated carbocycles. The summed E-state index contributed by atoms with van der Waals surface area (Å²) < 4.78 is 10.3. The third-order valence-corrected chi connectivity index (χ3v) is 11.2. The average Bonchev–Trinajstić information content (AvgIpc) is 3.38. The monoisotopic (exact) mass is 952 g/mol. The Bertz CT molecular complexity index is 3170. The summed E-state index contributed by atoms with van der Waals surface area (Å²) in [7, 11) is 1.38. The van der Waals surface area contributed by atoms with E-state index < -0.39 is 59.9 Å². The van der Waals surface area contributed by atoms with E-state index in [0.29, 0.717) is 33.6 Å². The van der Waals surface area contributed by atoms with Crippen LogP contribution in [-0.4, -0.2) is 73.2 Å². The Kier molecular flexibility index (Phi) is 16.3. The van der Waals surface area contributed by atoms with Crippen LogP contribution in [0.5, 0.6) is 0 Å². The zero-order chi connectivity index (χ0) is 51.4. The first kappa shape index (κ1) is 51.0. The van der Waals surface area contributed by atoms with E-state index in [0.717, 1.165) is 17.7 Å². The van der Waals surface area contributed by atoms with Gasteiger partial charge in [-0.05, 0) is 109 Å². The molecule has 0 aliphatic heterocycles. The molecule has 0 atom stereocenters. The van der Waals surface area contributed by atoms with Crippen LogP contribution in [0.4, 0.5) is 17.1 Å². The summed E-state index contributed by atoms with van der Waals surface area (Å²) in [4.78, 5) is 118. The maximum atomic E-state index is 14.2. The van der Waals surface area contributed by atoms with Crippen molar-refractivity contribution in [3.05, 3.63) is 220 Å². The van der Waals surface area contributed by atoms with Gasteiger partial charge in [0, 0.05) is 51.8 Å². The third-order valence-electron chi connectivity index (χ3n) is 11.2. The van der Waals surface area contributed by atoms with Crippen molar-refractivity contribution in [2.45, 2.75) is 26.2 Å². The van der Waals surface area contributed by atoms with Crippen molar-refractivity contribution < 1.29 is 52.6 Å². The van der Waals surface area contributed by atoms with Crippen LogP contribution in [0, 0.1) is 6.92 Å². The van der Waals surface area contributed by atoms with E-state index >= 15 is 0 Å². The summed E-state index contributed by atoms with van der Waals surface area (Å²) in [6, 6.07) is 34.8. The lowest BCUT2D eigenvalue weighted by Crippen LogP contribution is -2.26. The van der Waals surface area contributed by atoms with Crippen molar-refractivity contribution in [3.8, 4) is 0 Å². The molecule has 0 radical (unpaired) electrons. The minimum atomic E-state index is -1.01. The predicted molar refractivity (Wildman–Crippen MR) is 267 cm³/mol. The van der Waals surface area contributed by atoms with E-state index in [1.807, 2.05) is 13.0 Å². The number of nitrogens with one attached hydrogen (secondary N) is 4. The van der Waals surface area contributed by atoms with Crippen LogP contribution in [0.2, 0.25) is 0 Å². The number of hydrogen-bond donors (Lipinski definition) is 4. The van der Waals surface area contributed by atoms with Crippen molar-refractivity contribution in [3.63, 3.8) is 0 Å². The van der Waals surface area contributed by atoms with Gasteiger partial charge in [-0.1, -0.05) is 87.2 Å². The summed E-state index contributed by atoms with van der Waals surface area (Å²) in [6.07, 6.45) is 1.99. The van der Waals surface area contributed by atoms with E-state index in [2.05, 4.69) is 34.4 Å². The predicted octanol–water partition coefficient (Wildman–Crippen LogP) is 8.49. The Morgan fingerprint density at radius 1 is 0.479 bits per heavy atom. The van der Waals surface area contributed by atoms with E-state index in [-0.39, 0.29) is 50.8 Å². The van der Waals surface area contributed by atoms with Crippen molar-refractivity contribution >= 4 is 70.0 Å². The molecule has 15 heteroatoms. The molecule has 6 rings (SSSR count). The topological polar surface area (TPSA) is 220 Å². The van der Waals surface area contributed by atoms with Gasteiger partial charge in [0.05, 0.1) is 22.3 Å². The summed E-state index contributed by atoms with van der Waals surface area (Å²) >= 11 is 0. The van der Waals surface area contributed by atoms with E-state index in [9.17, 15) is 43.2 Å². The number of anilines is 3. The van der Waals surface area contributed by atoms with Crippen molar-refractivity contribution in [1.82, 2.24) is 5.32 Å². The quantitative estimate of drug-likeness (QED) is 0.0343. The number of benzene rings is 6. The molecule has 15 nitrogen and oxygen atoms in total. The molecule has 0 aliphatic rings. The molecular weight excluding hydrogens is 905 g/mol. The number of aryl methyl sites for hydroxylation is 1. The highest BCUT2D eigenvalue weighted by atomic mass is 16.5. The molecule has 0 fully saturated rings. The first-order valence-corrected chi connectivity index (χ1v) is 21.9. The number of amides is 4.